The van der Waals surface area contributed by atoms with E-state index in [0.29, 0.717) is 16.0 Å². The van der Waals surface area contributed by atoms with Gasteiger partial charge >= 0.3 is 0 Å². The number of hydrogen-bond donors (Lipinski definition) is 0. The number of ether oxygens (including phenoxy) is 1. The molecule has 5 rings (SSSR count). The summed E-state index contributed by atoms with van der Waals surface area (Å²) in [6.07, 6.45) is 2.26. The Morgan fingerprint density at radius 3 is 2.30 bits per heavy atom. The fraction of sp³-hybridized carbons (Fsp3) is 0.167. The molecule has 1 aliphatic carbocycles. The number of rotatable bonds is 2. The largest absolute Gasteiger partial charge is 0.476 e. The highest BCUT2D eigenvalue weighted by Crippen LogP contribution is 2.69. The van der Waals surface area contributed by atoms with Gasteiger partial charge in [-0.05, 0) is 29.2 Å². The summed E-state index contributed by atoms with van der Waals surface area (Å²) in [6.45, 7) is 2.26. The predicted octanol–water partition coefficient (Wildman–Crippen LogP) is 7.10. The van der Waals surface area contributed by atoms with Crippen LogP contribution in [0, 0.1) is 5.92 Å². The predicted molar refractivity (Wildman–Crippen MR) is 112 cm³/mol. The number of benzene rings is 3. The highest BCUT2D eigenvalue weighted by Gasteiger charge is 2.64. The topological polar surface area (TPSA) is 9.23 Å². The third kappa shape index (κ3) is 2.38. The lowest BCUT2D eigenvalue weighted by molar-refractivity contribution is 0.0244. The Morgan fingerprint density at radius 1 is 0.926 bits per heavy atom. The van der Waals surface area contributed by atoms with E-state index < -0.39 is 5.60 Å². The molecule has 0 radical (unpaired) electrons. The Morgan fingerprint density at radius 2 is 1.59 bits per heavy atom. The Labute approximate surface area is 169 Å². The van der Waals surface area contributed by atoms with Crippen LogP contribution in [0.5, 0.6) is 5.75 Å². The van der Waals surface area contributed by atoms with Crippen LogP contribution in [-0.2, 0) is 5.60 Å². The van der Waals surface area contributed by atoms with Crippen molar-refractivity contribution in [1.29, 1.82) is 0 Å². The van der Waals surface area contributed by atoms with Crippen LogP contribution in [-0.4, -0.2) is 0 Å². The summed E-state index contributed by atoms with van der Waals surface area (Å²) in [7, 11) is 0. The van der Waals surface area contributed by atoms with Crippen LogP contribution < -0.4 is 4.74 Å². The second-order valence-corrected chi connectivity index (χ2v) is 8.13. The van der Waals surface area contributed by atoms with Crippen LogP contribution in [0.25, 0.3) is 6.08 Å². The maximum atomic E-state index is 6.66. The first-order valence-electron chi connectivity index (χ1n) is 9.12. The summed E-state index contributed by atoms with van der Waals surface area (Å²) < 4.78 is 6.66. The average molecular weight is 393 g/mol. The van der Waals surface area contributed by atoms with Crippen molar-refractivity contribution in [2.24, 2.45) is 5.92 Å². The fourth-order valence-corrected chi connectivity index (χ4v) is 5.25. The van der Waals surface area contributed by atoms with Gasteiger partial charge in [-0.3, -0.25) is 0 Å². The van der Waals surface area contributed by atoms with E-state index in [1.807, 2.05) is 18.2 Å². The highest BCUT2D eigenvalue weighted by atomic mass is 35.5. The van der Waals surface area contributed by atoms with Crippen LogP contribution >= 0.6 is 23.2 Å². The van der Waals surface area contributed by atoms with Gasteiger partial charge in [-0.25, -0.2) is 0 Å². The normalized spacial score (nSPS) is 26.9. The summed E-state index contributed by atoms with van der Waals surface area (Å²) in [6, 6.07) is 24.6. The Hall–Kier alpha value is -2.22. The first kappa shape index (κ1) is 16.9. The van der Waals surface area contributed by atoms with Gasteiger partial charge < -0.3 is 4.74 Å². The van der Waals surface area contributed by atoms with Gasteiger partial charge in [-0.2, -0.15) is 0 Å². The second-order valence-electron chi connectivity index (χ2n) is 7.29. The monoisotopic (exact) mass is 392 g/mol. The zero-order valence-electron chi connectivity index (χ0n) is 14.8. The Kier molecular flexibility index (Phi) is 3.86. The molecule has 3 aromatic rings. The van der Waals surface area contributed by atoms with E-state index in [4.69, 9.17) is 27.9 Å². The lowest BCUT2D eigenvalue weighted by Crippen LogP contribution is -2.51. The van der Waals surface area contributed by atoms with Crippen molar-refractivity contribution in [2.75, 3.05) is 0 Å². The number of halogens is 2. The minimum Gasteiger partial charge on any atom is -0.476 e. The van der Waals surface area contributed by atoms with Crippen molar-refractivity contribution in [3.63, 3.8) is 0 Å². The van der Waals surface area contributed by atoms with Gasteiger partial charge in [0.25, 0.3) is 0 Å². The standard InChI is InChI=1S/C24H18Cl2O/c1-15-20(12-16-8-4-2-5-9-16)24(17-10-6-3-7-11-17)22(15)19-13-18(25)14-21(26)23(19)27-24/h2-15,22H,1H3/t15-,22+,24+/m0/s1. The molecule has 1 heterocycles. The van der Waals surface area contributed by atoms with Crippen molar-refractivity contribution in [3.05, 3.63) is 105 Å². The van der Waals surface area contributed by atoms with E-state index in [9.17, 15) is 0 Å². The van der Waals surface area contributed by atoms with Gasteiger partial charge in [-0.15, -0.1) is 0 Å². The summed E-state index contributed by atoms with van der Waals surface area (Å²) >= 11 is 12.8. The summed E-state index contributed by atoms with van der Waals surface area (Å²) in [4.78, 5) is 0. The molecule has 1 aliphatic heterocycles. The fourth-order valence-electron chi connectivity index (χ4n) is 4.70. The molecule has 27 heavy (non-hydrogen) atoms. The third-order valence-corrected chi connectivity index (χ3v) is 6.32. The van der Waals surface area contributed by atoms with E-state index in [1.165, 1.54) is 11.1 Å². The van der Waals surface area contributed by atoms with Gasteiger partial charge in [0.15, 0.2) is 5.60 Å². The third-order valence-electron chi connectivity index (χ3n) is 5.82. The van der Waals surface area contributed by atoms with Crippen molar-refractivity contribution in [3.8, 4) is 5.75 Å². The van der Waals surface area contributed by atoms with Crippen molar-refractivity contribution in [2.45, 2.75) is 18.4 Å². The van der Waals surface area contributed by atoms with Crippen molar-refractivity contribution in [1.82, 2.24) is 0 Å². The first-order chi connectivity index (χ1) is 13.1. The molecule has 3 heteroatoms. The zero-order chi connectivity index (χ0) is 18.6. The smallest absolute Gasteiger partial charge is 0.163 e. The summed E-state index contributed by atoms with van der Waals surface area (Å²) in [5, 5.41) is 1.23. The molecule has 0 N–H and O–H groups in total. The Balaban J connectivity index is 1.73. The minimum absolute atomic E-state index is 0.195. The average Bonchev–Trinajstić information content (AvgIpc) is 2.99. The molecule has 3 aromatic carbocycles. The molecule has 1 nitrogen and oxygen atoms in total. The van der Waals surface area contributed by atoms with E-state index in [2.05, 4.69) is 61.5 Å². The molecule has 0 spiro atoms. The minimum atomic E-state index is -0.521. The Bertz CT molecular complexity index is 1040. The molecule has 1 saturated carbocycles. The maximum Gasteiger partial charge on any atom is 0.163 e. The van der Waals surface area contributed by atoms with E-state index in [1.54, 1.807) is 6.07 Å². The van der Waals surface area contributed by atoms with Gasteiger partial charge in [0.2, 0.25) is 0 Å². The molecule has 1 fully saturated rings. The van der Waals surface area contributed by atoms with Crippen LogP contribution in [0.4, 0.5) is 0 Å². The lowest BCUT2D eigenvalue weighted by Gasteiger charge is -2.52. The molecular weight excluding hydrogens is 375 g/mol. The van der Waals surface area contributed by atoms with Crippen LogP contribution in [0.15, 0.2) is 78.4 Å². The van der Waals surface area contributed by atoms with Crippen LogP contribution in [0.2, 0.25) is 10.0 Å². The summed E-state index contributed by atoms with van der Waals surface area (Å²) in [5.41, 5.74) is 4.19. The van der Waals surface area contributed by atoms with Crippen LogP contribution in [0.1, 0.15) is 29.5 Å². The van der Waals surface area contributed by atoms with Gasteiger partial charge in [-0.1, -0.05) is 96.9 Å². The molecule has 0 amide bonds. The van der Waals surface area contributed by atoms with Crippen molar-refractivity contribution < 1.29 is 4.74 Å². The number of fused-ring (bicyclic) bond motifs is 3. The second kappa shape index (κ2) is 6.15. The molecule has 0 bridgehead atoms. The zero-order valence-corrected chi connectivity index (χ0v) is 16.3. The van der Waals surface area contributed by atoms with E-state index >= 15 is 0 Å². The molecule has 2 aliphatic rings. The molecule has 0 unspecified atom stereocenters. The highest BCUT2D eigenvalue weighted by molar-refractivity contribution is 6.35. The molecule has 0 saturated heterocycles. The molecule has 3 atom stereocenters. The van der Waals surface area contributed by atoms with Gasteiger partial charge in [0.05, 0.1) is 5.02 Å². The van der Waals surface area contributed by atoms with Crippen LogP contribution in [0.3, 0.4) is 0 Å². The molecule has 0 aromatic heterocycles. The first-order valence-corrected chi connectivity index (χ1v) is 9.87. The SMILES string of the molecule is C[C@H]1C(=Cc2ccccc2)[C@@]2(c3ccccc3)Oc3c(Cl)cc(Cl)cc3[C@@H]12. The lowest BCUT2D eigenvalue weighted by atomic mass is 9.54. The molecular formula is C24H18Cl2O. The van der Waals surface area contributed by atoms with Crippen molar-refractivity contribution >= 4 is 29.3 Å². The number of hydrogen-bond acceptors (Lipinski definition) is 1. The summed E-state index contributed by atoms with van der Waals surface area (Å²) in [5.74, 6) is 1.29. The van der Waals surface area contributed by atoms with E-state index in [0.717, 1.165) is 16.9 Å². The maximum absolute atomic E-state index is 6.66. The molecule has 134 valence electrons. The quantitative estimate of drug-likeness (QED) is 0.451. The van der Waals surface area contributed by atoms with E-state index in [-0.39, 0.29) is 5.92 Å². The van der Waals surface area contributed by atoms with Gasteiger partial charge in [0, 0.05) is 22.1 Å². The van der Waals surface area contributed by atoms with Gasteiger partial charge in [0.1, 0.15) is 5.75 Å².